The fourth-order valence-corrected chi connectivity index (χ4v) is 2.91. The molecule has 23 heavy (non-hydrogen) atoms. The number of halogens is 1. The van der Waals surface area contributed by atoms with Gasteiger partial charge in [-0.3, -0.25) is 4.79 Å². The first-order valence-electron chi connectivity index (χ1n) is 7.31. The van der Waals surface area contributed by atoms with Crippen LogP contribution in [0.1, 0.15) is 15.9 Å². The van der Waals surface area contributed by atoms with E-state index in [-0.39, 0.29) is 11.7 Å². The molecule has 1 amide bonds. The van der Waals surface area contributed by atoms with Gasteiger partial charge in [-0.2, -0.15) is 0 Å². The number of nitrogens with zero attached hydrogens (tertiary/aromatic N) is 2. The molecule has 2 aromatic carbocycles. The molecule has 0 saturated carbocycles. The maximum absolute atomic E-state index is 13.3. The number of aromatic amines is 1. The van der Waals surface area contributed by atoms with Gasteiger partial charge in [-0.05, 0) is 36.8 Å². The summed E-state index contributed by atoms with van der Waals surface area (Å²) in [5, 5.41) is 0. The SMILES string of the molecule is Cc1cc(C(=O)N2CCOc3cc(F)ccc32)cc2[nH]cnc12. The molecule has 1 N–H and O–H groups in total. The van der Waals surface area contributed by atoms with Crippen LogP contribution in [-0.2, 0) is 0 Å². The van der Waals surface area contributed by atoms with Gasteiger partial charge in [-0.25, -0.2) is 9.37 Å². The van der Waals surface area contributed by atoms with E-state index in [1.54, 1.807) is 23.4 Å². The van der Waals surface area contributed by atoms with Crippen LogP contribution in [0, 0.1) is 12.7 Å². The van der Waals surface area contributed by atoms with E-state index in [2.05, 4.69) is 9.97 Å². The number of benzene rings is 2. The lowest BCUT2D eigenvalue weighted by atomic mass is 10.1. The van der Waals surface area contributed by atoms with Crippen LogP contribution in [0.5, 0.6) is 5.75 Å². The minimum absolute atomic E-state index is 0.138. The van der Waals surface area contributed by atoms with Gasteiger partial charge in [0.25, 0.3) is 5.91 Å². The van der Waals surface area contributed by atoms with Crippen molar-refractivity contribution in [2.24, 2.45) is 0 Å². The molecule has 3 aromatic rings. The van der Waals surface area contributed by atoms with Crippen LogP contribution in [-0.4, -0.2) is 29.0 Å². The molecule has 0 bridgehead atoms. The second-order valence-corrected chi connectivity index (χ2v) is 5.51. The molecule has 0 radical (unpaired) electrons. The van der Waals surface area contributed by atoms with Crippen molar-refractivity contribution in [3.8, 4) is 5.75 Å². The normalized spacial score (nSPS) is 13.7. The van der Waals surface area contributed by atoms with Gasteiger partial charge in [0.1, 0.15) is 18.2 Å². The van der Waals surface area contributed by atoms with Crippen LogP contribution in [0.15, 0.2) is 36.7 Å². The maximum atomic E-state index is 13.3. The Kier molecular flexibility index (Phi) is 3.04. The van der Waals surface area contributed by atoms with Crippen LogP contribution < -0.4 is 9.64 Å². The van der Waals surface area contributed by atoms with Crippen LogP contribution in [0.3, 0.4) is 0 Å². The molecule has 116 valence electrons. The third kappa shape index (κ3) is 2.23. The molecule has 0 unspecified atom stereocenters. The Morgan fingerprint density at radius 3 is 3.09 bits per heavy atom. The Balaban J connectivity index is 1.77. The number of rotatable bonds is 1. The second kappa shape index (κ2) is 5.08. The number of hydrogen-bond donors (Lipinski definition) is 1. The van der Waals surface area contributed by atoms with Crippen LogP contribution in [0.4, 0.5) is 10.1 Å². The summed E-state index contributed by atoms with van der Waals surface area (Å²) in [6, 6.07) is 7.82. The van der Waals surface area contributed by atoms with Gasteiger partial charge in [0.05, 0.1) is 29.6 Å². The van der Waals surface area contributed by atoms with Crippen LogP contribution >= 0.6 is 0 Å². The second-order valence-electron chi connectivity index (χ2n) is 5.51. The van der Waals surface area contributed by atoms with Crippen molar-refractivity contribution < 1.29 is 13.9 Å². The molecule has 0 saturated heterocycles. The first kappa shape index (κ1) is 13.8. The van der Waals surface area contributed by atoms with E-state index in [1.165, 1.54) is 12.1 Å². The molecule has 4 rings (SSSR count). The highest BCUT2D eigenvalue weighted by molar-refractivity contribution is 6.08. The number of carbonyl (C=O) groups is 1. The minimum Gasteiger partial charge on any atom is -0.489 e. The topological polar surface area (TPSA) is 58.2 Å². The highest BCUT2D eigenvalue weighted by Gasteiger charge is 2.25. The first-order chi connectivity index (χ1) is 11.1. The molecule has 1 aliphatic heterocycles. The Hall–Kier alpha value is -2.89. The average Bonchev–Trinajstić information content (AvgIpc) is 3.02. The van der Waals surface area contributed by atoms with E-state index < -0.39 is 0 Å². The zero-order valence-electron chi connectivity index (χ0n) is 12.5. The highest BCUT2D eigenvalue weighted by Crippen LogP contribution is 2.33. The number of anilines is 1. The number of imidazole rings is 1. The summed E-state index contributed by atoms with van der Waals surface area (Å²) in [5.41, 5.74) is 3.76. The molecule has 1 aromatic heterocycles. The monoisotopic (exact) mass is 311 g/mol. The molecule has 0 atom stereocenters. The fraction of sp³-hybridized carbons (Fsp3) is 0.176. The lowest BCUT2D eigenvalue weighted by Crippen LogP contribution is -2.38. The van der Waals surface area contributed by atoms with E-state index in [0.29, 0.717) is 30.2 Å². The molecule has 0 aliphatic carbocycles. The summed E-state index contributed by atoms with van der Waals surface area (Å²) < 4.78 is 18.8. The zero-order valence-corrected chi connectivity index (χ0v) is 12.5. The van der Waals surface area contributed by atoms with Gasteiger partial charge >= 0.3 is 0 Å². The summed E-state index contributed by atoms with van der Waals surface area (Å²) in [6.45, 7) is 2.69. The van der Waals surface area contributed by atoms with Crippen molar-refractivity contribution in [2.75, 3.05) is 18.1 Å². The molecular formula is C17H14FN3O2. The van der Waals surface area contributed by atoms with E-state index in [1.807, 2.05) is 13.0 Å². The standard InChI is InChI=1S/C17H14FN3O2/c1-10-6-11(7-13-16(10)20-9-19-13)17(22)21-4-5-23-15-8-12(18)2-3-14(15)21/h2-3,6-9H,4-5H2,1H3,(H,19,20). The van der Waals surface area contributed by atoms with Crippen LogP contribution in [0.25, 0.3) is 11.0 Å². The Bertz CT molecular complexity index is 919. The van der Waals surface area contributed by atoms with E-state index in [4.69, 9.17) is 4.74 Å². The Labute approximate surface area is 131 Å². The van der Waals surface area contributed by atoms with E-state index in [0.717, 1.165) is 16.6 Å². The molecule has 1 aliphatic rings. The summed E-state index contributed by atoms with van der Waals surface area (Å²) in [6.07, 6.45) is 1.61. The molecule has 5 nitrogen and oxygen atoms in total. The minimum atomic E-state index is -0.382. The Morgan fingerprint density at radius 1 is 1.35 bits per heavy atom. The van der Waals surface area contributed by atoms with Crippen molar-refractivity contribution in [2.45, 2.75) is 6.92 Å². The molecular weight excluding hydrogens is 297 g/mol. The predicted molar refractivity (Wildman–Crippen MR) is 84.4 cm³/mol. The lowest BCUT2D eigenvalue weighted by molar-refractivity contribution is 0.0976. The van der Waals surface area contributed by atoms with Gasteiger partial charge < -0.3 is 14.6 Å². The van der Waals surface area contributed by atoms with Crippen molar-refractivity contribution in [3.05, 3.63) is 53.6 Å². The number of aromatic nitrogens is 2. The molecule has 0 fully saturated rings. The predicted octanol–water partition coefficient (Wildman–Crippen LogP) is 3.05. The van der Waals surface area contributed by atoms with Gasteiger partial charge in [0.15, 0.2) is 0 Å². The molecule has 6 heteroatoms. The largest absolute Gasteiger partial charge is 0.489 e. The fourth-order valence-electron chi connectivity index (χ4n) is 2.91. The number of ether oxygens (including phenoxy) is 1. The summed E-state index contributed by atoms with van der Waals surface area (Å²) in [5.74, 6) is -0.127. The third-order valence-electron chi connectivity index (χ3n) is 3.99. The third-order valence-corrected chi connectivity index (χ3v) is 3.99. The molecule has 2 heterocycles. The van der Waals surface area contributed by atoms with Crippen molar-refractivity contribution in [1.29, 1.82) is 0 Å². The van der Waals surface area contributed by atoms with Gasteiger partial charge in [0, 0.05) is 11.6 Å². The van der Waals surface area contributed by atoms with Gasteiger partial charge in [-0.15, -0.1) is 0 Å². The molecule has 0 spiro atoms. The average molecular weight is 311 g/mol. The number of fused-ring (bicyclic) bond motifs is 2. The zero-order chi connectivity index (χ0) is 16.0. The van der Waals surface area contributed by atoms with Gasteiger partial charge in [0.2, 0.25) is 0 Å². The number of hydrogen-bond acceptors (Lipinski definition) is 3. The number of amides is 1. The van der Waals surface area contributed by atoms with Crippen molar-refractivity contribution in [1.82, 2.24) is 9.97 Å². The maximum Gasteiger partial charge on any atom is 0.258 e. The summed E-state index contributed by atoms with van der Waals surface area (Å²) in [7, 11) is 0. The number of H-pyrrole nitrogens is 1. The van der Waals surface area contributed by atoms with E-state index in [9.17, 15) is 9.18 Å². The van der Waals surface area contributed by atoms with E-state index >= 15 is 0 Å². The van der Waals surface area contributed by atoms with Crippen LogP contribution in [0.2, 0.25) is 0 Å². The highest BCUT2D eigenvalue weighted by atomic mass is 19.1. The summed E-state index contributed by atoms with van der Waals surface area (Å²) >= 11 is 0. The summed E-state index contributed by atoms with van der Waals surface area (Å²) in [4.78, 5) is 21.8. The quantitative estimate of drug-likeness (QED) is 0.751. The van der Waals surface area contributed by atoms with Gasteiger partial charge in [-0.1, -0.05) is 0 Å². The lowest BCUT2D eigenvalue weighted by Gasteiger charge is -2.29. The Morgan fingerprint density at radius 2 is 2.22 bits per heavy atom. The number of carbonyl (C=O) groups excluding carboxylic acids is 1. The number of nitrogens with one attached hydrogen (secondary N) is 1. The van der Waals surface area contributed by atoms with Crippen molar-refractivity contribution >= 4 is 22.6 Å². The smallest absolute Gasteiger partial charge is 0.258 e. The first-order valence-corrected chi connectivity index (χ1v) is 7.31. The number of aryl methyl sites for hydroxylation is 1. The van der Waals surface area contributed by atoms with Crippen molar-refractivity contribution in [3.63, 3.8) is 0 Å².